The summed E-state index contributed by atoms with van der Waals surface area (Å²) in [5, 5.41) is 4.78. The van der Waals surface area contributed by atoms with Crippen molar-refractivity contribution >= 4 is 46.3 Å². The molecule has 0 aromatic heterocycles. The maximum absolute atomic E-state index is 13.2. The number of halogens is 3. The molecule has 14 heteroatoms. The van der Waals surface area contributed by atoms with E-state index in [1.54, 1.807) is 0 Å². The molecule has 3 atom stereocenters. The van der Waals surface area contributed by atoms with Crippen molar-refractivity contribution in [2.24, 2.45) is 5.73 Å². The summed E-state index contributed by atoms with van der Waals surface area (Å²) in [5.41, 5.74) is 6.77. The number of amides is 2. The van der Waals surface area contributed by atoms with E-state index in [-0.39, 0.29) is 13.1 Å². The van der Waals surface area contributed by atoms with Crippen LogP contribution in [0.5, 0.6) is 0 Å². The van der Waals surface area contributed by atoms with Crippen LogP contribution in [-0.2, 0) is 35.2 Å². The first-order valence-electron chi connectivity index (χ1n) is 13.8. The first kappa shape index (κ1) is 34.1. The lowest BCUT2D eigenvalue weighted by Gasteiger charge is -2.32. The normalized spacial score (nSPS) is 16.6. The Hall–Kier alpha value is -3.36. The molecule has 0 saturated carbocycles. The first-order valence-corrected chi connectivity index (χ1v) is 15.2. The highest BCUT2D eigenvalue weighted by Crippen LogP contribution is 2.24. The zero-order chi connectivity index (χ0) is 31.6. The van der Waals surface area contributed by atoms with Gasteiger partial charge in [0.15, 0.2) is 0 Å². The number of hydrogen-bond acceptors (Lipinski definition) is 9. The zero-order valence-electron chi connectivity index (χ0n) is 24.1. The van der Waals surface area contributed by atoms with Gasteiger partial charge in [-0.05, 0) is 47.6 Å². The molecular formula is C29H37F3N4O6S. The van der Waals surface area contributed by atoms with Crippen LogP contribution in [0.1, 0.15) is 24.8 Å². The molecule has 10 nitrogen and oxygen atoms in total. The molecule has 236 valence electrons. The molecule has 0 aliphatic carbocycles. The second-order valence-corrected chi connectivity index (χ2v) is 11.2. The fourth-order valence-corrected chi connectivity index (χ4v) is 5.54. The van der Waals surface area contributed by atoms with Crippen molar-refractivity contribution in [3.63, 3.8) is 0 Å². The van der Waals surface area contributed by atoms with Crippen LogP contribution in [0.15, 0.2) is 42.5 Å². The Balaban J connectivity index is 1.78. The summed E-state index contributed by atoms with van der Waals surface area (Å²) < 4.78 is 46.6. The molecule has 2 aromatic carbocycles. The molecule has 1 saturated heterocycles. The van der Waals surface area contributed by atoms with Gasteiger partial charge in [0.1, 0.15) is 18.7 Å². The average molecular weight is 627 g/mol. The van der Waals surface area contributed by atoms with Crippen molar-refractivity contribution in [2.45, 2.75) is 50.1 Å². The molecule has 1 fully saturated rings. The molecule has 43 heavy (non-hydrogen) atoms. The Morgan fingerprint density at radius 2 is 1.88 bits per heavy atom. The van der Waals surface area contributed by atoms with Crippen LogP contribution in [0, 0.1) is 0 Å². The van der Waals surface area contributed by atoms with Gasteiger partial charge in [-0.3, -0.25) is 14.5 Å². The predicted octanol–water partition coefficient (Wildman–Crippen LogP) is 2.48. The maximum atomic E-state index is 13.2. The van der Waals surface area contributed by atoms with E-state index in [1.165, 1.54) is 23.8 Å². The first-order chi connectivity index (χ1) is 20.4. The Labute approximate surface area is 252 Å². The summed E-state index contributed by atoms with van der Waals surface area (Å²) >= 11 is 1.53. The number of nitrogens with two attached hydrogens (primary N) is 1. The van der Waals surface area contributed by atoms with Gasteiger partial charge in [-0.15, -0.1) is 0 Å². The fourth-order valence-electron chi connectivity index (χ4n) is 5.07. The second kappa shape index (κ2) is 15.9. The molecule has 3 N–H and O–H groups in total. The van der Waals surface area contributed by atoms with Crippen molar-refractivity contribution in [2.75, 3.05) is 45.4 Å². The molecule has 1 aliphatic rings. The standard InChI is InChI=1S/C29H37F3N4O6S/c1-41-27(39)24(12-14-43-2)34-25(37)17-35(15-20-9-5-8-19-7-3-4-11-22(19)20)16-21-10-6-13-36(21)26(38)23(33)18-42-28(40)29(30,31)32/h3-5,7-9,11,21,23-24H,6,10,12-18,33H2,1-2H3,(H,34,37)/t21-,23-,24?/m0/s1. The van der Waals surface area contributed by atoms with E-state index in [2.05, 4.69) is 10.1 Å². The Morgan fingerprint density at radius 1 is 1.16 bits per heavy atom. The second-order valence-electron chi connectivity index (χ2n) is 10.3. The molecule has 0 bridgehead atoms. The van der Waals surface area contributed by atoms with Gasteiger partial charge in [-0.2, -0.15) is 24.9 Å². The molecule has 2 aromatic rings. The highest BCUT2D eigenvalue weighted by Gasteiger charge is 2.42. The fraction of sp³-hybridized carbons (Fsp3) is 0.517. The van der Waals surface area contributed by atoms with Gasteiger partial charge in [0.2, 0.25) is 11.8 Å². The van der Waals surface area contributed by atoms with Crippen LogP contribution in [0.3, 0.4) is 0 Å². The van der Waals surface area contributed by atoms with E-state index < -0.39 is 54.7 Å². The minimum Gasteiger partial charge on any atom is -0.467 e. The lowest BCUT2D eigenvalue weighted by atomic mass is 10.0. The van der Waals surface area contributed by atoms with Gasteiger partial charge >= 0.3 is 18.1 Å². The molecule has 3 rings (SSSR count). The number of carbonyl (C=O) groups is 4. The number of thioether (sulfide) groups is 1. The number of nitrogens with zero attached hydrogens (tertiary/aromatic N) is 2. The summed E-state index contributed by atoms with van der Waals surface area (Å²) in [4.78, 5) is 53.0. The highest BCUT2D eigenvalue weighted by atomic mass is 32.2. The number of fused-ring (bicyclic) bond motifs is 1. The lowest BCUT2D eigenvalue weighted by molar-refractivity contribution is -0.200. The molecule has 1 unspecified atom stereocenters. The predicted molar refractivity (Wildman–Crippen MR) is 156 cm³/mol. The van der Waals surface area contributed by atoms with E-state index in [4.69, 9.17) is 10.5 Å². The number of esters is 2. The summed E-state index contributed by atoms with van der Waals surface area (Å²) in [6, 6.07) is 11.0. The number of benzene rings is 2. The zero-order valence-corrected chi connectivity index (χ0v) is 24.9. The van der Waals surface area contributed by atoms with Crippen LogP contribution in [0.4, 0.5) is 13.2 Å². The third-order valence-corrected chi connectivity index (χ3v) is 7.79. The number of rotatable bonds is 14. The van der Waals surface area contributed by atoms with Crippen LogP contribution in [0.2, 0.25) is 0 Å². The number of hydrogen-bond donors (Lipinski definition) is 2. The largest absolute Gasteiger partial charge is 0.490 e. The van der Waals surface area contributed by atoms with Crippen LogP contribution in [-0.4, -0.2) is 103 Å². The van der Waals surface area contributed by atoms with Crippen molar-refractivity contribution in [3.05, 3.63) is 48.0 Å². The van der Waals surface area contributed by atoms with Gasteiger partial charge in [0.05, 0.1) is 13.7 Å². The monoisotopic (exact) mass is 626 g/mol. The topological polar surface area (TPSA) is 131 Å². The molecular weight excluding hydrogens is 589 g/mol. The van der Waals surface area contributed by atoms with Crippen molar-refractivity contribution in [1.29, 1.82) is 0 Å². The van der Waals surface area contributed by atoms with Crippen LogP contribution in [0.25, 0.3) is 10.8 Å². The van der Waals surface area contributed by atoms with Gasteiger partial charge in [-0.25, -0.2) is 9.59 Å². The smallest absolute Gasteiger partial charge is 0.467 e. The lowest BCUT2D eigenvalue weighted by Crippen LogP contribution is -2.52. The molecule has 0 radical (unpaired) electrons. The number of carbonyl (C=O) groups excluding carboxylic acids is 4. The van der Waals surface area contributed by atoms with Gasteiger partial charge in [-0.1, -0.05) is 42.5 Å². The minimum atomic E-state index is -5.19. The molecule has 2 amide bonds. The average Bonchev–Trinajstić information content (AvgIpc) is 3.44. The summed E-state index contributed by atoms with van der Waals surface area (Å²) in [6.45, 7) is -0.0868. The number of ether oxygens (including phenoxy) is 2. The van der Waals surface area contributed by atoms with E-state index in [0.29, 0.717) is 38.1 Å². The third-order valence-electron chi connectivity index (χ3n) is 7.14. The highest BCUT2D eigenvalue weighted by molar-refractivity contribution is 7.98. The van der Waals surface area contributed by atoms with E-state index in [0.717, 1.165) is 16.3 Å². The molecule has 1 aliphatic heterocycles. The SMILES string of the molecule is COC(=O)C(CCSC)NC(=O)CN(Cc1cccc2ccccc12)C[C@@H]1CCCN1C(=O)[C@@H](N)COC(=O)C(F)(F)F. The number of alkyl halides is 3. The van der Waals surface area contributed by atoms with Crippen LogP contribution < -0.4 is 11.1 Å². The van der Waals surface area contributed by atoms with Crippen molar-refractivity contribution in [1.82, 2.24) is 15.1 Å². The number of methoxy groups -OCH3 is 1. The van der Waals surface area contributed by atoms with Gasteiger partial charge in [0, 0.05) is 25.7 Å². The third kappa shape index (κ3) is 9.83. The summed E-state index contributed by atoms with van der Waals surface area (Å²) in [7, 11) is 1.26. The molecule has 0 spiro atoms. The van der Waals surface area contributed by atoms with Crippen LogP contribution >= 0.6 is 11.8 Å². The number of nitrogens with one attached hydrogen (secondary N) is 1. The summed E-state index contributed by atoms with van der Waals surface area (Å²) in [5.74, 6) is -3.37. The summed E-state index contributed by atoms with van der Waals surface area (Å²) in [6.07, 6.45) is -1.71. The quantitative estimate of drug-likeness (QED) is 0.304. The maximum Gasteiger partial charge on any atom is 0.490 e. The Morgan fingerprint density at radius 3 is 2.58 bits per heavy atom. The van der Waals surface area contributed by atoms with Gasteiger partial charge in [0.25, 0.3) is 0 Å². The van der Waals surface area contributed by atoms with Crippen molar-refractivity contribution in [3.8, 4) is 0 Å². The van der Waals surface area contributed by atoms with Gasteiger partial charge < -0.3 is 25.4 Å². The van der Waals surface area contributed by atoms with E-state index in [1.807, 2.05) is 53.6 Å². The van der Waals surface area contributed by atoms with E-state index in [9.17, 15) is 32.3 Å². The van der Waals surface area contributed by atoms with E-state index >= 15 is 0 Å². The Bertz CT molecular complexity index is 1280. The number of likely N-dealkylation sites (tertiary alicyclic amines) is 1. The molecule has 1 heterocycles. The van der Waals surface area contributed by atoms with Crippen molar-refractivity contribution < 1.29 is 41.8 Å². The Kier molecular flexibility index (Phi) is 12.6. The minimum absolute atomic E-state index is 0.0935.